The van der Waals surface area contributed by atoms with Gasteiger partial charge in [0.25, 0.3) is 0 Å². The highest BCUT2D eigenvalue weighted by molar-refractivity contribution is 5.87. The summed E-state index contributed by atoms with van der Waals surface area (Å²) in [5.41, 5.74) is 0.728. The fourth-order valence-electron chi connectivity index (χ4n) is 2.45. The molecule has 3 atom stereocenters. The number of carbonyl (C=O) groups excluding carboxylic acids is 2. The predicted octanol–water partition coefficient (Wildman–Crippen LogP) is 0.872. The molecule has 108 valence electrons. The van der Waals surface area contributed by atoms with Crippen molar-refractivity contribution in [2.24, 2.45) is 11.8 Å². The molecule has 5 heteroatoms. The summed E-state index contributed by atoms with van der Waals surface area (Å²) in [6.45, 7) is 3.50. The number of esters is 1. The standard InChI is InChI=1S/C15H20N2O3/c1-10-8-16-9-12(10)14(18)17-13(15(19)20-2)11-6-4-3-5-7-11/h3-7,10,12-13,16H,8-9H2,1-2H3,(H,17,18)/t10-,12-,13?/m1/s1. The van der Waals surface area contributed by atoms with E-state index in [2.05, 4.69) is 10.6 Å². The van der Waals surface area contributed by atoms with Gasteiger partial charge in [-0.3, -0.25) is 4.79 Å². The number of benzene rings is 1. The first-order chi connectivity index (χ1) is 9.63. The quantitative estimate of drug-likeness (QED) is 0.801. The molecule has 0 aliphatic carbocycles. The van der Waals surface area contributed by atoms with Crippen LogP contribution in [0.3, 0.4) is 0 Å². The van der Waals surface area contributed by atoms with Crippen molar-refractivity contribution in [2.75, 3.05) is 20.2 Å². The molecule has 1 saturated heterocycles. The van der Waals surface area contributed by atoms with E-state index in [0.717, 1.165) is 12.1 Å². The Morgan fingerprint density at radius 3 is 2.55 bits per heavy atom. The molecule has 1 heterocycles. The highest BCUT2D eigenvalue weighted by Gasteiger charge is 2.32. The van der Waals surface area contributed by atoms with Crippen LogP contribution in [0.5, 0.6) is 0 Å². The number of amides is 1. The van der Waals surface area contributed by atoms with Crippen molar-refractivity contribution in [1.29, 1.82) is 0 Å². The van der Waals surface area contributed by atoms with Gasteiger partial charge in [-0.1, -0.05) is 37.3 Å². The lowest BCUT2D eigenvalue weighted by Gasteiger charge is -2.20. The Morgan fingerprint density at radius 2 is 2.00 bits per heavy atom. The van der Waals surface area contributed by atoms with E-state index in [4.69, 9.17) is 4.74 Å². The summed E-state index contributed by atoms with van der Waals surface area (Å²) in [5, 5.41) is 5.99. The number of nitrogens with one attached hydrogen (secondary N) is 2. The number of carbonyl (C=O) groups is 2. The predicted molar refractivity (Wildman–Crippen MR) is 74.9 cm³/mol. The topological polar surface area (TPSA) is 67.4 Å². The molecule has 0 bridgehead atoms. The van der Waals surface area contributed by atoms with Gasteiger partial charge in [-0.15, -0.1) is 0 Å². The molecule has 0 saturated carbocycles. The highest BCUT2D eigenvalue weighted by atomic mass is 16.5. The summed E-state index contributed by atoms with van der Waals surface area (Å²) in [6, 6.07) is 8.38. The van der Waals surface area contributed by atoms with Gasteiger partial charge in [0, 0.05) is 6.54 Å². The summed E-state index contributed by atoms with van der Waals surface area (Å²) in [5.74, 6) is -0.403. The molecule has 0 spiro atoms. The fourth-order valence-corrected chi connectivity index (χ4v) is 2.45. The Morgan fingerprint density at radius 1 is 1.30 bits per heavy atom. The van der Waals surface area contributed by atoms with E-state index in [1.807, 2.05) is 25.1 Å². The SMILES string of the molecule is COC(=O)C(NC(=O)[C@@H]1CNC[C@H]1C)c1ccccc1. The molecule has 1 aromatic carbocycles. The Bertz CT molecular complexity index is 475. The van der Waals surface area contributed by atoms with E-state index in [0.29, 0.717) is 6.54 Å². The minimum atomic E-state index is -0.749. The van der Waals surface area contributed by atoms with E-state index in [1.165, 1.54) is 7.11 Å². The summed E-state index contributed by atoms with van der Waals surface area (Å²) < 4.78 is 4.79. The van der Waals surface area contributed by atoms with Gasteiger partial charge in [0.2, 0.25) is 5.91 Å². The normalized spacial score (nSPS) is 23.1. The lowest BCUT2D eigenvalue weighted by molar-refractivity contribution is -0.145. The smallest absolute Gasteiger partial charge is 0.333 e. The number of hydrogen-bond donors (Lipinski definition) is 2. The zero-order valence-corrected chi connectivity index (χ0v) is 11.8. The van der Waals surface area contributed by atoms with Crippen LogP contribution in [0.1, 0.15) is 18.5 Å². The van der Waals surface area contributed by atoms with Crippen LogP contribution < -0.4 is 10.6 Å². The lowest BCUT2D eigenvalue weighted by atomic mass is 9.96. The van der Waals surface area contributed by atoms with Crippen molar-refractivity contribution in [1.82, 2.24) is 10.6 Å². The summed E-state index contributed by atoms with van der Waals surface area (Å²) in [4.78, 5) is 24.2. The summed E-state index contributed by atoms with van der Waals surface area (Å²) in [6.07, 6.45) is 0. The molecule has 5 nitrogen and oxygen atoms in total. The van der Waals surface area contributed by atoms with Crippen molar-refractivity contribution in [3.05, 3.63) is 35.9 Å². The van der Waals surface area contributed by atoms with E-state index < -0.39 is 12.0 Å². The fraction of sp³-hybridized carbons (Fsp3) is 0.467. The van der Waals surface area contributed by atoms with E-state index in [1.54, 1.807) is 12.1 Å². The van der Waals surface area contributed by atoms with Gasteiger partial charge >= 0.3 is 5.97 Å². The third-order valence-electron chi connectivity index (χ3n) is 3.71. The molecule has 1 amide bonds. The van der Waals surface area contributed by atoms with Crippen LogP contribution in [0.25, 0.3) is 0 Å². The summed E-state index contributed by atoms with van der Waals surface area (Å²) >= 11 is 0. The molecule has 20 heavy (non-hydrogen) atoms. The van der Waals surface area contributed by atoms with Crippen LogP contribution in [0.4, 0.5) is 0 Å². The minimum Gasteiger partial charge on any atom is -0.467 e. The molecular formula is C15H20N2O3. The van der Waals surface area contributed by atoms with Gasteiger partial charge < -0.3 is 15.4 Å². The molecule has 2 rings (SSSR count). The number of ether oxygens (including phenoxy) is 1. The third kappa shape index (κ3) is 3.17. The second kappa shape index (κ2) is 6.52. The molecule has 1 aliphatic heterocycles. The minimum absolute atomic E-state index is 0.106. The van der Waals surface area contributed by atoms with Gasteiger partial charge in [-0.2, -0.15) is 0 Å². The molecule has 0 aromatic heterocycles. The van der Waals surface area contributed by atoms with Crippen molar-refractivity contribution in [3.63, 3.8) is 0 Å². The third-order valence-corrected chi connectivity index (χ3v) is 3.71. The summed E-state index contributed by atoms with van der Waals surface area (Å²) in [7, 11) is 1.32. The maximum Gasteiger partial charge on any atom is 0.333 e. The molecule has 1 aliphatic rings. The maximum absolute atomic E-state index is 12.3. The van der Waals surface area contributed by atoms with Crippen LogP contribution in [-0.4, -0.2) is 32.1 Å². The van der Waals surface area contributed by atoms with E-state index in [-0.39, 0.29) is 17.7 Å². The van der Waals surface area contributed by atoms with E-state index in [9.17, 15) is 9.59 Å². The second-order valence-corrected chi connectivity index (χ2v) is 5.12. The Labute approximate surface area is 118 Å². The lowest BCUT2D eigenvalue weighted by Crippen LogP contribution is -2.40. The zero-order valence-electron chi connectivity index (χ0n) is 11.8. The van der Waals surface area contributed by atoms with Crippen LogP contribution in [-0.2, 0) is 14.3 Å². The Kier molecular flexibility index (Phi) is 4.74. The molecule has 2 N–H and O–H groups in total. The zero-order chi connectivity index (χ0) is 14.5. The van der Waals surface area contributed by atoms with Gasteiger partial charge in [0.1, 0.15) is 0 Å². The maximum atomic E-state index is 12.3. The van der Waals surface area contributed by atoms with Crippen LogP contribution >= 0.6 is 0 Å². The average Bonchev–Trinajstić information content (AvgIpc) is 2.91. The molecule has 1 aromatic rings. The van der Waals surface area contributed by atoms with Crippen LogP contribution in [0, 0.1) is 11.8 Å². The highest BCUT2D eigenvalue weighted by Crippen LogP contribution is 2.19. The number of hydrogen-bond acceptors (Lipinski definition) is 4. The molecule has 1 fully saturated rings. The van der Waals surface area contributed by atoms with Crippen molar-refractivity contribution < 1.29 is 14.3 Å². The molecule has 0 radical (unpaired) electrons. The van der Waals surface area contributed by atoms with E-state index >= 15 is 0 Å². The van der Waals surface area contributed by atoms with Gasteiger partial charge in [-0.25, -0.2) is 4.79 Å². The monoisotopic (exact) mass is 276 g/mol. The van der Waals surface area contributed by atoms with Gasteiger partial charge in [0.15, 0.2) is 6.04 Å². The Balaban J connectivity index is 2.12. The molecule has 1 unspecified atom stereocenters. The first-order valence-electron chi connectivity index (χ1n) is 6.77. The Hall–Kier alpha value is -1.88. The van der Waals surface area contributed by atoms with Crippen LogP contribution in [0.2, 0.25) is 0 Å². The number of rotatable bonds is 4. The van der Waals surface area contributed by atoms with Gasteiger partial charge in [-0.05, 0) is 18.0 Å². The first kappa shape index (κ1) is 14.5. The van der Waals surface area contributed by atoms with Crippen molar-refractivity contribution in [2.45, 2.75) is 13.0 Å². The van der Waals surface area contributed by atoms with Gasteiger partial charge in [0.05, 0.1) is 13.0 Å². The average molecular weight is 276 g/mol. The second-order valence-electron chi connectivity index (χ2n) is 5.12. The van der Waals surface area contributed by atoms with Crippen molar-refractivity contribution >= 4 is 11.9 Å². The first-order valence-corrected chi connectivity index (χ1v) is 6.77. The van der Waals surface area contributed by atoms with Crippen molar-refractivity contribution in [3.8, 4) is 0 Å². The number of methoxy groups -OCH3 is 1. The molecular weight excluding hydrogens is 256 g/mol. The van der Waals surface area contributed by atoms with Crippen LogP contribution in [0.15, 0.2) is 30.3 Å². The largest absolute Gasteiger partial charge is 0.467 e.